The summed E-state index contributed by atoms with van der Waals surface area (Å²) in [5.74, 6) is -0.234. The molecule has 6 heteroatoms. The molecule has 2 aromatic rings. The van der Waals surface area contributed by atoms with Crippen molar-refractivity contribution in [2.45, 2.75) is 37.8 Å². The fourth-order valence-corrected chi connectivity index (χ4v) is 3.73. The summed E-state index contributed by atoms with van der Waals surface area (Å²) in [6.07, 6.45) is 2.50. The van der Waals surface area contributed by atoms with Crippen LogP contribution in [0.5, 0.6) is 0 Å². The molecule has 1 aliphatic rings. The van der Waals surface area contributed by atoms with E-state index in [0.717, 1.165) is 30.3 Å². The molecular weight excluding hydrogens is 368 g/mol. The predicted molar refractivity (Wildman–Crippen MR) is 109 cm³/mol. The molecule has 0 saturated carbocycles. The number of amides is 2. The molecule has 2 aromatic carbocycles. The summed E-state index contributed by atoms with van der Waals surface area (Å²) in [6, 6.07) is 19.0. The fraction of sp³-hybridized carbons (Fsp3) is 0.348. The molecule has 0 bridgehead atoms. The smallest absolute Gasteiger partial charge is 0.408 e. The van der Waals surface area contributed by atoms with Gasteiger partial charge in [0.15, 0.2) is 0 Å². The first-order chi connectivity index (χ1) is 14.1. The van der Waals surface area contributed by atoms with Gasteiger partial charge in [-0.15, -0.1) is 0 Å². The highest BCUT2D eigenvalue weighted by atomic mass is 16.5. The number of nitrogens with zero attached hydrogens (tertiary/aromatic N) is 1. The summed E-state index contributed by atoms with van der Waals surface area (Å²) in [5.41, 5.74) is 0.681. The van der Waals surface area contributed by atoms with Gasteiger partial charge >= 0.3 is 6.09 Å². The second-order valence-electron chi connectivity index (χ2n) is 7.31. The lowest BCUT2D eigenvalue weighted by atomic mass is 9.85. The summed E-state index contributed by atoms with van der Waals surface area (Å²) < 4.78 is 5.39. The highest BCUT2D eigenvalue weighted by molar-refractivity contribution is 5.91. The van der Waals surface area contributed by atoms with E-state index < -0.39 is 11.6 Å². The van der Waals surface area contributed by atoms with Crippen LogP contribution in [0.15, 0.2) is 60.7 Å². The van der Waals surface area contributed by atoms with Crippen molar-refractivity contribution < 1.29 is 19.1 Å². The van der Waals surface area contributed by atoms with Crippen LogP contribution in [0, 0.1) is 0 Å². The molecule has 152 valence electrons. The number of ether oxygens (including phenoxy) is 1. The highest BCUT2D eigenvalue weighted by Crippen LogP contribution is 2.27. The molecule has 0 radical (unpaired) electrons. The van der Waals surface area contributed by atoms with E-state index in [9.17, 15) is 14.4 Å². The number of alkyl carbamates (subject to hydrolysis) is 1. The summed E-state index contributed by atoms with van der Waals surface area (Å²) in [4.78, 5) is 38.6. The summed E-state index contributed by atoms with van der Waals surface area (Å²) in [5, 5.41) is 2.86. The van der Waals surface area contributed by atoms with Crippen LogP contribution in [0.25, 0.3) is 0 Å². The van der Waals surface area contributed by atoms with E-state index >= 15 is 0 Å². The molecule has 1 aliphatic heterocycles. The molecule has 1 saturated heterocycles. The molecule has 2 amide bonds. The third-order valence-electron chi connectivity index (χ3n) is 5.18. The minimum absolute atomic E-state index is 0.0239. The van der Waals surface area contributed by atoms with Crippen molar-refractivity contribution >= 4 is 18.3 Å². The van der Waals surface area contributed by atoms with E-state index in [1.807, 2.05) is 60.7 Å². The van der Waals surface area contributed by atoms with Crippen LogP contribution >= 0.6 is 0 Å². The van der Waals surface area contributed by atoms with Crippen LogP contribution < -0.4 is 5.32 Å². The van der Waals surface area contributed by atoms with Crippen LogP contribution in [-0.4, -0.2) is 41.8 Å². The van der Waals surface area contributed by atoms with Crippen LogP contribution in [0.3, 0.4) is 0 Å². The summed E-state index contributed by atoms with van der Waals surface area (Å²) in [6.45, 7) is 0.658. The number of carbonyl (C=O) groups excluding carboxylic acids is 3. The van der Waals surface area contributed by atoms with Gasteiger partial charge in [0.05, 0.1) is 6.54 Å². The second kappa shape index (κ2) is 9.87. The minimum Gasteiger partial charge on any atom is -0.445 e. The monoisotopic (exact) mass is 394 g/mol. The van der Waals surface area contributed by atoms with Crippen LogP contribution in [0.4, 0.5) is 4.79 Å². The van der Waals surface area contributed by atoms with Gasteiger partial charge in [0.1, 0.15) is 18.4 Å². The van der Waals surface area contributed by atoms with Gasteiger partial charge in [-0.05, 0) is 30.4 Å². The first kappa shape index (κ1) is 20.6. The number of hydrogen-bond donors (Lipinski definition) is 1. The van der Waals surface area contributed by atoms with E-state index in [0.29, 0.717) is 19.4 Å². The van der Waals surface area contributed by atoms with Gasteiger partial charge in [-0.3, -0.25) is 4.79 Å². The number of rotatable bonds is 7. The molecule has 1 fully saturated rings. The SMILES string of the molecule is O=CCN1CCCCC(Cc2ccccc2)(NC(=O)OCc2ccccc2)C1=O. The van der Waals surface area contributed by atoms with Crippen molar-refractivity contribution in [3.63, 3.8) is 0 Å². The molecule has 3 rings (SSSR count). The zero-order valence-corrected chi connectivity index (χ0v) is 16.4. The van der Waals surface area contributed by atoms with Gasteiger partial charge in [0.2, 0.25) is 5.91 Å². The molecule has 0 aromatic heterocycles. The summed E-state index contributed by atoms with van der Waals surface area (Å²) >= 11 is 0. The molecule has 1 N–H and O–H groups in total. The van der Waals surface area contributed by atoms with E-state index in [1.54, 1.807) is 0 Å². The third-order valence-corrected chi connectivity index (χ3v) is 5.18. The van der Waals surface area contributed by atoms with Crippen molar-refractivity contribution in [1.82, 2.24) is 10.2 Å². The Morgan fingerprint density at radius 1 is 1.03 bits per heavy atom. The number of benzene rings is 2. The van der Waals surface area contributed by atoms with E-state index in [2.05, 4.69) is 5.32 Å². The highest BCUT2D eigenvalue weighted by Gasteiger charge is 2.44. The standard InChI is InChI=1S/C23H26N2O4/c26-16-15-25-14-8-7-13-23(21(25)27,17-19-9-3-1-4-10-19)24-22(28)29-18-20-11-5-2-6-12-20/h1-6,9-12,16H,7-8,13-15,17-18H2,(H,24,28). The lowest BCUT2D eigenvalue weighted by Gasteiger charge is -2.35. The maximum atomic E-state index is 13.4. The molecule has 1 heterocycles. The topological polar surface area (TPSA) is 75.7 Å². The first-order valence-electron chi connectivity index (χ1n) is 9.89. The van der Waals surface area contributed by atoms with Gasteiger partial charge in [-0.25, -0.2) is 4.79 Å². The first-order valence-corrected chi connectivity index (χ1v) is 9.89. The molecule has 1 unspecified atom stereocenters. The minimum atomic E-state index is -1.13. The Labute approximate surface area is 170 Å². The van der Waals surface area contributed by atoms with Gasteiger partial charge in [-0.2, -0.15) is 0 Å². The molecule has 29 heavy (non-hydrogen) atoms. The lowest BCUT2D eigenvalue weighted by molar-refractivity contribution is -0.139. The number of hydrogen-bond acceptors (Lipinski definition) is 4. The van der Waals surface area contributed by atoms with E-state index in [1.165, 1.54) is 4.90 Å². The number of nitrogens with one attached hydrogen (secondary N) is 1. The average molecular weight is 394 g/mol. The van der Waals surface area contributed by atoms with Gasteiger partial charge in [0.25, 0.3) is 0 Å². The molecule has 0 aliphatic carbocycles. The predicted octanol–water partition coefficient (Wildman–Crippen LogP) is 3.11. The molecule has 6 nitrogen and oxygen atoms in total. The Balaban J connectivity index is 1.80. The zero-order chi connectivity index (χ0) is 20.5. The Hall–Kier alpha value is -3.15. The fourth-order valence-electron chi connectivity index (χ4n) is 3.73. The van der Waals surface area contributed by atoms with Crippen molar-refractivity contribution in [2.24, 2.45) is 0 Å². The van der Waals surface area contributed by atoms with Crippen LogP contribution in [0.2, 0.25) is 0 Å². The van der Waals surface area contributed by atoms with Crippen LogP contribution in [-0.2, 0) is 27.4 Å². The normalized spacial score (nSPS) is 19.3. The third kappa shape index (κ3) is 5.44. The Morgan fingerprint density at radius 2 is 1.69 bits per heavy atom. The summed E-state index contributed by atoms with van der Waals surface area (Å²) in [7, 11) is 0. The maximum Gasteiger partial charge on any atom is 0.408 e. The van der Waals surface area contributed by atoms with Crippen molar-refractivity contribution in [3.05, 3.63) is 71.8 Å². The number of likely N-dealkylation sites (tertiary alicyclic amines) is 1. The number of aldehydes is 1. The lowest BCUT2D eigenvalue weighted by Crippen LogP contribution is -2.60. The quantitative estimate of drug-likeness (QED) is 0.732. The Kier molecular flexibility index (Phi) is 7.00. The van der Waals surface area contributed by atoms with Gasteiger partial charge in [-0.1, -0.05) is 60.7 Å². The van der Waals surface area contributed by atoms with Crippen molar-refractivity contribution in [1.29, 1.82) is 0 Å². The molecule has 0 spiro atoms. The second-order valence-corrected chi connectivity index (χ2v) is 7.31. The maximum absolute atomic E-state index is 13.4. The molecular formula is C23H26N2O4. The van der Waals surface area contributed by atoms with Gasteiger partial charge < -0.3 is 19.7 Å². The number of carbonyl (C=O) groups is 3. The Morgan fingerprint density at radius 3 is 2.34 bits per heavy atom. The van der Waals surface area contributed by atoms with Crippen molar-refractivity contribution in [2.75, 3.05) is 13.1 Å². The van der Waals surface area contributed by atoms with Crippen LogP contribution in [0.1, 0.15) is 30.4 Å². The average Bonchev–Trinajstić information content (AvgIpc) is 2.88. The van der Waals surface area contributed by atoms with Crippen molar-refractivity contribution in [3.8, 4) is 0 Å². The molecule has 1 atom stereocenters. The van der Waals surface area contributed by atoms with E-state index in [-0.39, 0.29) is 19.1 Å². The van der Waals surface area contributed by atoms with E-state index in [4.69, 9.17) is 4.74 Å². The largest absolute Gasteiger partial charge is 0.445 e. The zero-order valence-electron chi connectivity index (χ0n) is 16.4. The van der Waals surface area contributed by atoms with Gasteiger partial charge in [0, 0.05) is 13.0 Å². The Bertz CT molecular complexity index is 825.